The van der Waals surface area contributed by atoms with Gasteiger partial charge in [0.1, 0.15) is 0 Å². The van der Waals surface area contributed by atoms with Crippen molar-refractivity contribution >= 4 is 22.5 Å². The van der Waals surface area contributed by atoms with Crippen molar-refractivity contribution in [2.45, 2.75) is 19.6 Å². The molecule has 0 saturated heterocycles. The van der Waals surface area contributed by atoms with E-state index in [-0.39, 0.29) is 16.2 Å². The second-order valence-electron chi connectivity index (χ2n) is 3.66. The molecule has 0 N–H and O–H groups in total. The first-order valence-corrected chi connectivity index (χ1v) is 5.49. The van der Waals surface area contributed by atoms with Gasteiger partial charge in [-0.3, -0.25) is 9.36 Å². The van der Waals surface area contributed by atoms with Crippen molar-refractivity contribution in [3.63, 3.8) is 0 Å². The van der Waals surface area contributed by atoms with Gasteiger partial charge >= 0.3 is 6.18 Å². The Morgan fingerprint density at radius 3 is 2.61 bits per heavy atom. The van der Waals surface area contributed by atoms with E-state index in [1.165, 1.54) is 4.57 Å². The molecule has 2 rings (SSSR count). The average molecular weight is 277 g/mol. The number of alkyl halides is 3. The average Bonchev–Trinajstić information content (AvgIpc) is 2.27. The minimum Gasteiger partial charge on any atom is -0.283 e. The first kappa shape index (κ1) is 12.9. The third-order valence-electron chi connectivity index (χ3n) is 2.55. The number of nitrogens with zero attached hydrogens (tertiary/aromatic N) is 2. The van der Waals surface area contributed by atoms with Crippen LogP contribution >= 0.6 is 11.6 Å². The van der Waals surface area contributed by atoms with Crippen molar-refractivity contribution in [3.05, 3.63) is 39.4 Å². The van der Waals surface area contributed by atoms with Gasteiger partial charge in [0.2, 0.25) is 5.28 Å². The van der Waals surface area contributed by atoms with E-state index >= 15 is 0 Å². The molecule has 18 heavy (non-hydrogen) atoms. The summed E-state index contributed by atoms with van der Waals surface area (Å²) in [6.45, 7) is 2.01. The zero-order valence-corrected chi connectivity index (χ0v) is 10.0. The number of rotatable bonds is 1. The number of hydrogen-bond donors (Lipinski definition) is 0. The number of fused-ring (bicyclic) bond motifs is 1. The molecule has 3 nitrogen and oxygen atoms in total. The SMILES string of the molecule is CCn1c(Cl)nc2cc(C(F)(F)F)ccc2c1=O. The highest BCUT2D eigenvalue weighted by molar-refractivity contribution is 6.28. The molecule has 0 radical (unpaired) electrons. The Labute approximate surface area is 105 Å². The van der Waals surface area contributed by atoms with Crippen molar-refractivity contribution in [3.8, 4) is 0 Å². The van der Waals surface area contributed by atoms with Crippen molar-refractivity contribution in [2.75, 3.05) is 0 Å². The smallest absolute Gasteiger partial charge is 0.283 e. The Morgan fingerprint density at radius 2 is 2.06 bits per heavy atom. The molecule has 1 aromatic carbocycles. The van der Waals surface area contributed by atoms with E-state index in [2.05, 4.69) is 4.98 Å². The first-order valence-electron chi connectivity index (χ1n) is 5.12. The van der Waals surface area contributed by atoms with E-state index in [0.717, 1.165) is 18.2 Å². The van der Waals surface area contributed by atoms with E-state index in [1.54, 1.807) is 6.92 Å². The maximum Gasteiger partial charge on any atom is 0.416 e. The fourth-order valence-corrected chi connectivity index (χ4v) is 1.93. The topological polar surface area (TPSA) is 34.9 Å². The maximum absolute atomic E-state index is 12.5. The molecule has 0 unspecified atom stereocenters. The number of benzene rings is 1. The molecule has 0 aliphatic rings. The van der Waals surface area contributed by atoms with Crippen LogP contribution in [0.5, 0.6) is 0 Å². The Morgan fingerprint density at radius 1 is 1.39 bits per heavy atom. The summed E-state index contributed by atoms with van der Waals surface area (Å²) in [5.41, 5.74) is -1.35. The van der Waals surface area contributed by atoms with Gasteiger partial charge in [0.25, 0.3) is 5.56 Å². The van der Waals surface area contributed by atoms with Gasteiger partial charge in [-0.1, -0.05) is 0 Å². The third kappa shape index (κ3) is 2.08. The molecule has 0 aliphatic carbocycles. The lowest BCUT2D eigenvalue weighted by atomic mass is 10.1. The van der Waals surface area contributed by atoms with Crippen LogP contribution in [0.15, 0.2) is 23.0 Å². The maximum atomic E-state index is 12.5. The zero-order valence-electron chi connectivity index (χ0n) is 9.25. The molecule has 1 aromatic heterocycles. The Balaban J connectivity index is 2.78. The number of halogens is 4. The largest absolute Gasteiger partial charge is 0.416 e. The summed E-state index contributed by atoms with van der Waals surface area (Å²) in [5, 5.41) is 0.00331. The summed E-state index contributed by atoms with van der Waals surface area (Å²) in [7, 11) is 0. The summed E-state index contributed by atoms with van der Waals surface area (Å²) < 4.78 is 38.7. The highest BCUT2D eigenvalue weighted by Gasteiger charge is 2.30. The van der Waals surface area contributed by atoms with Crippen molar-refractivity contribution in [1.82, 2.24) is 9.55 Å². The molecule has 0 saturated carbocycles. The van der Waals surface area contributed by atoms with Crippen LogP contribution in [0.25, 0.3) is 10.9 Å². The molecule has 0 amide bonds. The van der Waals surface area contributed by atoms with Gasteiger partial charge < -0.3 is 0 Å². The van der Waals surface area contributed by atoms with Crippen LogP contribution in [-0.4, -0.2) is 9.55 Å². The highest BCUT2D eigenvalue weighted by atomic mass is 35.5. The van der Waals surface area contributed by atoms with Gasteiger partial charge in [-0.2, -0.15) is 13.2 Å². The van der Waals surface area contributed by atoms with Crippen LogP contribution in [0.3, 0.4) is 0 Å². The van der Waals surface area contributed by atoms with Crippen molar-refractivity contribution in [1.29, 1.82) is 0 Å². The molecule has 0 aliphatic heterocycles. The summed E-state index contributed by atoms with van der Waals surface area (Å²) in [4.78, 5) is 15.7. The van der Waals surface area contributed by atoms with E-state index in [0.29, 0.717) is 6.54 Å². The van der Waals surface area contributed by atoms with Crippen LogP contribution in [0.2, 0.25) is 5.28 Å². The fraction of sp³-hybridized carbons (Fsp3) is 0.273. The second-order valence-corrected chi connectivity index (χ2v) is 4.00. The Kier molecular flexibility index (Phi) is 3.06. The zero-order chi connectivity index (χ0) is 13.5. The highest BCUT2D eigenvalue weighted by Crippen LogP contribution is 2.30. The fourth-order valence-electron chi connectivity index (χ4n) is 1.64. The molecule has 0 fully saturated rings. The number of aromatic nitrogens is 2. The standard InChI is InChI=1S/C11H8ClF3N2O/c1-2-17-9(18)7-4-3-6(11(13,14)15)5-8(7)16-10(17)12/h3-5H,2H2,1H3. The quantitative estimate of drug-likeness (QED) is 0.750. The van der Waals surface area contributed by atoms with E-state index < -0.39 is 17.3 Å². The van der Waals surface area contributed by atoms with Gasteiger partial charge in [0, 0.05) is 6.54 Å². The molecular weight excluding hydrogens is 269 g/mol. The molecule has 0 bridgehead atoms. The molecule has 0 atom stereocenters. The monoisotopic (exact) mass is 276 g/mol. The van der Waals surface area contributed by atoms with E-state index in [9.17, 15) is 18.0 Å². The first-order chi connectivity index (χ1) is 8.34. The third-order valence-corrected chi connectivity index (χ3v) is 2.84. The summed E-state index contributed by atoms with van der Waals surface area (Å²) in [5.74, 6) is 0. The van der Waals surface area contributed by atoms with E-state index in [1.807, 2.05) is 0 Å². The summed E-state index contributed by atoms with van der Waals surface area (Å²) in [6.07, 6.45) is -4.47. The minimum atomic E-state index is -4.47. The molecule has 2 aromatic rings. The van der Waals surface area contributed by atoms with Crippen LogP contribution < -0.4 is 5.56 Å². The van der Waals surface area contributed by atoms with Crippen LogP contribution in [0.1, 0.15) is 12.5 Å². The molecule has 96 valence electrons. The van der Waals surface area contributed by atoms with Gasteiger partial charge in [-0.25, -0.2) is 4.98 Å². The molecule has 1 heterocycles. The van der Waals surface area contributed by atoms with Crippen LogP contribution in [0.4, 0.5) is 13.2 Å². The van der Waals surface area contributed by atoms with Crippen molar-refractivity contribution in [2.24, 2.45) is 0 Å². The number of hydrogen-bond acceptors (Lipinski definition) is 2. The van der Waals surface area contributed by atoms with Crippen molar-refractivity contribution < 1.29 is 13.2 Å². The Bertz CT molecular complexity index is 664. The van der Waals surface area contributed by atoms with E-state index in [4.69, 9.17) is 11.6 Å². The van der Waals surface area contributed by atoms with Crippen LogP contribution in [0, 0.1) is 0 Å². The second kappa shape index (κ2) is 4.28. The predicted molar refractivity (Wildman–Crippen MR) is 61.7 cm³/mol. The lowest BCUT2D eigenvalue weighted by Gasteiger charge is -2.09. The lowest BCUT2D eigenvalue weighted by Crippen LogP contribution is -2.21. The predicted octanol–water partition coefficient (Wildman–Crippen LogP) is 3.09. The molecule has 0 spiro atoms. The normalized spacial score (nSPS) is 12.1. The molecular formula is C11H8ClF3N2O. The summed E-state index contributed by atoms with van der Waals surface area (Å²) in [6, 6.07) is 2.80. The summed E-state index contributed by atoms with van der Waals surface area (Å²) >= 11 is 5.75. The van der Waals surface area contributed by atoms with Crippen LogP contribution in [-0.2, 0) is 12.7 Å². The lowest BCUT2D eigenvalue weighted by molar-refractivity contribution is -0.137. The van der Waals surface area contributed by atoms with Gasteiger partial charge in [0.05, 0.1) is 16.5 Å². The molecule has 7 heteroatoms. The minimum absolute atomic E-state index is 0.0514. The van der Waals surface area contributed by atoms with Gasteiger partial charge in [0.15, 0.2) is 0 Å². The Hall–Kier alpha value is -1.56. The van der Waals surface area contributed by atoms with Gasteiger partial charge in [-0.15, -0.1) is 0 Å². The van der Waals surface area contributed by atoms with Gasteiger partial charge in [-0.05, 0) is 36.7 Å².